The number of anilines is 1. The summed E-state index contributed by atoms with van der Waals surface area (Å²) >= 11 is 0. The summed E-state index contributed by atoms with van der Waals surface area (Å²) < 4.78 is 13.1. The van der Waals surface area contributed by atoms with Crippen LogP contribution in [0.3, 0.4) is 0 Å². The lowest BCUT2D eigenvalue weighted by Crippen LogP contribution is -2.31. The van der Waals surface area contributed by atoms with Crippen molar-refractivity contribution < 1.29 is 9.18 Å². The zero-order valence-corrected chi connectivity index (χ0v) is 10.5. The molecule has 17 heavy (non-hydrogen) atoms. The van der Waals surface area contributed by atoms with E-state index in [0.717, 1.165) is 6.42 Å². The summed E-state index contributed by atoms with van der Waals surface area (Å²) in [5.74, 6) is -0.263. The zero-order valence-electron chi connectivity index (χ0n) is 10.5. The van der Waals surface area contributed by atoms with Crippen molar-refractivity contribution in [2.45, 2.75) is 20.3 Å². The molecule has 0 aliphatic carbocycles. The van der Waals surface area contributed by atoms with E-state index in [9.17, 15) is 9.18 Å². The summed E-state index contributed by atoms with van der Waals surface area (Å²) in [6.07, 6.45) is 0.996. The largest absolute Gasteiger partial charge is 0.398 e. The maximum absolute atomic E-state index is 13.1. The molecule has 0 spiro atoms. The molecule has 4 heteroatoms. The Morgan fingerprint density at radius 2 is 2.18 bits per heavy atom. The lowest BCUT2D eigenvalue weighted by atomic mass is 10.1. The van der Waals surface area contributed by atoms with Crippen molar-refractivity contribution in [2.24, 2.45) is 5.92 Å². The number of hydrogen-bond donors (Lipinski definition) is 1. The molecule has 3 nitrogen and oxygen atoms in total. The number of nitrogen functional groups attached to an aromatic ring is 1. The predicted octanol–water partition coefficient (Wildman–Crippen LogP) is 2.53. The first-order chi connectivity index (χ1) is 7.95. The summed E-state index contributed by atoms with van der Waals surface area (Å²) in [6, 6.07) is 3.85. The van der Waals surface area contributed by atoms with E-state index < -0.39 is 5.82 Å². The van der Waals surface area contributed by atoms with Gasteiger partial charge in [-0.25, -0.2) is 4.39 Å². The third-order valence-electron chi connectivity index (χ3n) is 2.87. The summed E-state index contributed by atoms with van der Waals surface area (Å²) in [5.41, 5.74) is 6.22. The summed E-state index contributed by atoms with van der Waals surface area (Å²) in [5, 5.41) is 0. The van der Waals surface area contributed by atoms with Gasteiger partial charge in [-0.1, -0.05) is 20.3 Å². The minimum absolute atomic E-state index is 0.232. The average molecular weight is 238 g/mol. The number of hydrogen-bond acceptors (Lipinski definition) is 2. The van der Waals surface area contributed by atoms with Crippen LogP contribution in [0.5, 0.6) is 0 Å². The predicted molar refractivity (Wildman–Crippen MR) is 67.2 cm³/mol. The number of amides is 1. The highest BCUT2D eigenvalue weighted by molar-refractivity contribution is 5.98. The average Bonchev–Trinajstić information content (AvgIpc) is 2.31. The lowest BCUT2D eigenvalue weighted by molar-refractivity contribution is 0.0775. The zero-order chi connectivity index (χ0) is 13.0. The number of carbonyl (C=O) groups is 1. The molecule has 0 saturated carbocycles. The number of rotatable bonds is 4. The van der Waals surface area contributed by atoms with Crippen LogP contribution in [0.15, 0.2) is 18.2 Å². The minimum atomic E-state index is -0.445. The fourth-order valence-corrected chi connectivity index (χ4v) is 1.60. The van der Waals surface area contributed by atoms with Crippen molar-refractivity contribution in [3.8, 4) is 0 Å². The van der Waals surface area contributed by atoms with Crippen LogP contribution in [0.25, 0.3) is 0 Å². The van der Waals surface area contributed by atoms with Gasteiger partial charge in [0, 0.05) is 19.3 Å². The fourth-order valence-electron chi connectivity index (χ4n) is 1.60. The molecule has 0 radical (unpaired) electrons. The Labute approximate surface area is 101 Å². The number of benzene rings is 1. The molecule has 0 heterocycles. The van der Waals surface area contributed by atoms with Gasteiger partial charge in [-0.2, -0.15) is 0 Å². The Morgan fingerprint density at radius 3 is 2.76 bits per heavy atom. The molecule has 1 amide bonds. The molecule has 1 atom stereocenters. The molecule has 0 fully saturated rings. The summed E-state index contributed by atoms with van der Waals surface area (Å²) in [7, 11) is 1.71. The van der Waals surface area contributed by atoms with E-state index in [0.29, 0.717) is 18.2 Å². The number of nitrogens with two attached hydrogens (primary N) is 1. The van der Waals surface area contributed by atoms with Gasteiger partial charge >= 0.3 is 0 Å². The molecule has 1 rings (SSSR count). The minimum Gasteiger partial charge on any atom is -0.398 e. The summed E-state index contributed by atoms with van der Waals surface area (Å²) in [6.45, 7) is 4.78. The SMILES string of the molecule is CCC(C)CN(C)C(=O)c1cc(F)ccc1N. The van der Waals surface area contributed by atoms with Crippen molar-refractivity contribution in [3.63, 3.8) is 0 Å². The molecular formula is C13H19FN2O. The van der Waals surface area contributed by atoms with Crippen molar-refractivity contribution >= 4 is 11.6 Å². The highest BCUT2D eigenvalue weighted by Gasteiger charge is 2.16. The molecule has 94 valence electrons. The first kappa shape index (κ1) is 13.5. The van der Waals surface area contributed by atoms with Crippen LogP contribution in [0.4, 0.5) is 10.1 Å². The lowest BCUT2D eigenvalue weighted by Gasteiger charge is -2.21. The molecule has 0 aliphatic heterocycles. The first-order valence-electron chi connectivity index (χ1n) is 5.76. The van der Waals surface area contributed by atoms with Gasteiger partial charge < -0.3 is 10.6 Å². The Morgan fingerprint density at radius 1 is 1.53 bits per heavy atom. The van der Waals surface area contributed by atoms with E-state index >= 15 is 0 Å². The van der Waals surface area contributed by atoms with Crippen molar-refractivity contribution in [2.75, 3.05) is 19.3 Å². The van der Waals surface area contributed by atoms with Gasteiger partial charge in [0.1, 0.15) is 5.82 Å². The molecule has 0 aliphatic rings. The Balaban J connectivity index is 2.85. The number of carbonyl (C=O) groups excluding carboxylic acids is 1. The summed E-state index contributed by atoms with van der Waals surface area (Å²) in [4.78, 5) is 13.6. The van der Waals surface area contributed by atoms with Gasteiger partial charge in [0.15, 0.2) is 0 Å². The van der Waals surface area contributed by atoms with Crippen molar-refractivity contribution in [1.82, 2.24) is 4.90 Å². The highest BCUT2D eigenvalue weighted by Crippen LogP contribution is 2.16. The number of halogens is 1. The van der Waals surface area contributed by atoms with Gasteiger partial charge in [-0.15, -0.1) is 0 Å². The van der Waals surface area contributed by atoms with E-state index in [1.807, 2.05) is 0 Å². The van der Waals surface area contributed by atoms with Crippen LogP contribution in [0, 0.1) is 11.7 Å². The van der Waals surface area contributed by atoms with Gasteiger partial charge in [0.2, 0.25) is 0 Å². The molecular weight excluding hydrogens is 219 g/mol. The Bertz CT molecular complexity index is 406. The monoisotopic (exact) mass is 238 g/mol. The second-order valence-electron chi connectivity index (χ2n) is 4.43. The third kappa shape index (κ3) is 3.44. The molecule has 0 aromatic heterocycles. The maximum atomic E-state index is 13.1. The van der Waals surface area contributed by atoms with E-state index in [4.69, 9.17) is 5.73 Å². The molecule has 0 bridgehead atoms. The van der Waals surface area contributed by atoms with Gasteiger partial charge in [0.05, 0.1) is 5.56 Å². The van der Waals surface area contributed by atoms with Gasteiger partial charge in [-0.05, 0) is 24.1 Å². The van der Waals surface area contributed by atoms with Crippen LogP contribution in [0.1, 0.15) is 30.6 Å². The molecule has 2 N–H and O–H groups in total. The highest BCUT2D eigenvalue weighted by atomic mass is 19.1. The van der Waals surface area contributed by atoms with E-state index in [-0.39, 0.29) is 11.5 Å². The van der Waals surface area contributed by atoms with Crippen molar-refractivity contribution in [3.05, 3.63) is 29.6 Å². The van der Waals surface area contributed by atoms with E-state index in [2.05, 4.69) is 13.8 Å². The van der Waals surface area contributed by atoms with Crippen LogP contribution in [0.2, 0.25) is 0 Å². The Kier molecular flexibility index (Phi) is 4.49. The third-order valence-corrected chi connectivity index (χ3v) is 2.87. The molecule has 1 unspecified atom stereocenters. The van der Waals surface area contributed by atoms with E-state index in [1.165, 1.54) is 18.2 Å². The van der Waals surface area contributed by atoms with E-state index in [1.54, 1.807) is 11.9 Å². The quantitative estimate of drug-likeness (QED) is 0.819. The van der Waals surface area contributed by atoms with Crippen LogP contribution in [-0.4, -0.2) is 24.4 Å². The van der Waals surface area contributed by atoms with Crippen molar-refractivity contribution in [1.29, 1.82) is 0 Å². The standard InChI is InChI=1S/C13H19FN2O/c1-4-9(2)8-16(3)13(17)11-7-10(14)5-6-12(11)15/h5-7,9H,4,8,15H2,1-3H3. The molecule has 1 aromatic carbocycles. The van der Waals surface area contributed by atoms with Crippen LogP contribution < -0.4 is 5.73 Å². The number of nitrogens with zero attached hydrogens (tertiary/aromatic N) is 1. The Hall–Kier alpha value is -1.58. The maximum Gasteiger partial charge on any atom is 0.255 e. The van der Waals surface area contributed by atoms with Crippen LogP contribution >= 0.6 is 0 Å². The molecule has 0 saturated heterocycles. The topological polar surface area (TPSA) is 46.3 Å². The fraction of sp³-hybridized carbons (Fsp3) is 0.462. The molecule has 1 aromatic rings. The second-order valence-corrected chi connectivity index (χ2v) is 4.43. The first-order valence-corrected chi connectivity index (χ1v) is 5.76. The van der Waals surface area contributed by atoms with Gasteiger partial charge in [-0.3, -0.25) is 4.79 Å². The normalized spacial score (nSPS) is 12.2. The van der Waals surface area contributed by atoms with Crippen LogP contribution in [-0.2, 0) is 0 Å². The smallest absolute Gasteiger partial charge is 0.255 e. The van der Waals surface area contributed by atoms with Gasteiger partial charge in [0.25, 0.3) is 5.91 Å². The second kappa shape index (κ2) is 5.66.